The SMILES string of the molecule is CC(C)N(c1cc(F)c(Oc2ncc(CN3CCSCC3)cc2C(F)(F)F)cc1C(=O)O)C(=O)[C@H]1CC[C@H](C)CC1. The van der Waals surface area contributed by atoms with Crippen molar-refractivity contribution in [3.8, 4) is 11.6 Å². The Morgan fingerprint density at radius 2 is 1.80 bits per heavy atom. The topological polar surface area (TPSA) is 83.0 Å². The molecule has 1 aliphatic heterocycles. The van der Waals surface area contributed by atoms with Crippen LogP contribution >= 0.6 is 11.8 Å². The molecule has 1 saturated carbocycles. The average molecular weight is 598 g/mol. The monoisotopic (exact) mass is 597 g/mol. The van der Waals surface area contributed by atoms with Crippen LogP contribution in [-0.4, -0.2) is 57.5 Å². The number of nitrogens with zero attached hydrogens (tertiary/aromatic N) is 3. The summed E-state index contributed by atoms with van der Waals surface area (Å²) >= 11 is 1.78. The first kappa shape index (κ1) is 31.1. The van der Waals surface area contributed by atoms with Gasteiger partial charge < -0.3 is 14.7 Å². The van der Waals surface area contributed by atoms with Crippen LogP contribution in [0.3, 0.4) is 0 Å². The third-order valence-electron chi connectivity index (χ3n) is 7.59. The number of alkyl halides is 3. The van der Waals surface area contributed by atoms with Crippen LogP contribution in [-0.2, 0) is 17.5 Å². The smallest absolute Gasteiger partial charge is 0.421 e. The van der Waals surface area contributed by atoms with Crippen molar-refractivity contribution < 1.29 is 37.0 Å². The van der Waals surface area contributed by atoms with Crippen molar-refractivity contribution in [1.29, 1.82) is 0 Å². The van der Waals surface area contributed by atoms with Crippen LogP contribution in [0.4, 0.5) is 23.2 Å². The second-order valence-electron chi connectivity index (χ2n) is 11.0. The number of hydrogen-bond acceptors (Lipinski definition) is 6. The first-order valence-electron chi connectivity index (χ1n) is 13.8. The number of carbonyl (C=O) groups is 2. The molecule has 224 valence electrons. The van der Waals surface area contributed by atoms with E-state index in [2.05, 4.69) is 11.9 Å². The molecule has 0 atom stereocenters. The minimum absolute atomic E-state index is 0.167. The zero-order chi connectivity index (χ0) is 29.9. The van der Waals surface area contributed by atoms with Gasteiger partial charge in [0.25, 0.3) is 0 Å². The van der Waals surface area contributed by atoms with Crippen LogP contribution < -0.4 is 9.64 Å². The van der Waals surface area contributed by atoms with E-state index in [-0.39, 0.29) is 24.1 Å². The molecular weight excluding hydrogens is 562 g/mol. The lowest BCUT2D eigenvalue weighted by atomic mass is 9.82. The van der Waals surface area contributed by atoms with E-state index in [4.69, 9.17) is 4.74 Å². The maximum absolute atomic E-state index is 15.4. The van der Waals surface area contributed by atoms with Gasteiger partial charge in [-0.2, -0.15) is 24.9 Å². The van der Waals surface area contributed by atoms with Crippen molar-refractivity contribution in [2.24, 2.45) is 11.8 Å². The predicted molar refractivity (Wildman–Crippen MR) is 149 cm³/mol. The number of rotatable bonds is 8. The van der Waals surface area contributed by atoms with Crippen molar-refractivity contribution in [3.05, 3.63) is 46.9 Å². The van der Waals surface area contributed by atoms with Gasteiger partial charge in [0.1, 0.15) is 5.56 Å². The molecule has 1 aromatic carbocycles. The first-order valence-corrected chi connectivity index (χ1v) is 14.9. The summed E-state index contributed by atoms with van der Waals surface area (Å²) < 4.78 is 62.7. The van der Waals surface area contributed by atoms with E-state index in [1.165, 1.54) is 11.1 Å². The fourth-order valence-corrected chi connectivity index (χ4v) is 6.31. The molecule has 4 rings (SSSR count). The molecule has 2 heterocycles. The molecule has 1 aromatic heterocycles. The molecule has 7 nitrogen and oxygen atoms in total. The highest BCUT2D eigenvalue weighted by molar-refractivity contribution is 7.99. The highest BCUT2D eigenvalue weighted by atomic mass is 32.2. The Hall–Kier alpha value is -2.86. The number of aromatic nitrogens is 1. The Morgan fingerprint density at radius 3 is 2.39 bits per heavy atom. The van der Waals surface area contributed by atoms with Gasteiger partial charge >= 0.3 is 12.1 Å². The van der Waals surface area contributed by atoms with E-state index in [0.29, 0.717) is 24.3 Å². The Balaban J connectivity index is 1.66. The number of hydrogen-bond donors (Lipinski definition) is 1. The number of carboxylic acids is 1. The van der Waals surface area contributed by atoms with Crippen LogP contribution in [0.1, 0.15) is 67.9 Å². The van der Waals surface area contributed by atoms with Crippen LogP contribution in [0.2, 0.25) is 0 Å². The molecule has 1 N–H and O–H groups in total. The minimum Gasteiger partial charge on any atom is -0.478 e. The fourth-order valence-electron chi connectivity index (χ4n) is 5.33. The number of aromatic carboxylic acids is 1. The lowest BCUT2D eigenvalue weighted by Crippen LogP contribution is -2.43. The lowest BCUT2D eigenvalue weighted by molar-refractivity contribution is -0.139. The van der Waals surface area contributed by atoms with E-state index in [1.807, 2.05) is 4.90 Å². The first-order chi connectivity index (χ1) is 19.3. The average Bonchev–Trinajstić information content (AvgIpc) is 2.91. The summed E-state index contributed by atoms with van der Waals surface area (Å²) in [6.07, 6.45) is -0.581. The summed E-state index contributed by atoms with van der Waals surface area (Å²) in [5, 5.41) is 9.96. The highest BCUT2D eigenvalue weighted by Crippen LogP contribution is 2.40. The van der Waals surface area contributed by atoms with Crippen LogP contribution in [0, 0.1) is 17.7 Å². The van der Waals surface area contributed by atoms with E-state index < -0.39 is 46.8 Å². The summed E-state index contributed by atoms with van der Waals surface area (Å²) in [4.78, 5) is 32.9. The van der Waals surface area contributed by atoms with Gasteiger partial charge in [-0.3, -0.25) is 9.69 Å². The van der Waals surface area contributed by atoms with Crippen molar-refractivity contribution in [2.45, 2.75) is 65.2 Å². The Kier molecular flexibility index (Phi) is 9.84. The normalized spacial score (nSPS) is 20.2. The van der Waals surface area contributed by atoms with Crippen LogP contribution in [0.25, 0.3) is 0 Å². The van der Waals surface area contributed by atoms with Gasteiger partial charge in [0.2, 0.25) is 11.8 Å². The third kappa shape index (κ3) is 7.51. The second kappa shape index (κ2) is 13.0. The van der Waals surface area contributed by atoms with E-state index >= 15 is 4.39 Å². The summed E-state index contributed by atoms with van der Waals surface area (Å²) in [7, 11) is 0. The third-order valence-corrected chi connectivity index (χ3v) is 8.53. The number of anilines is 1. The Labute approximate surface area is 241 Å². The van der Waals surface area contributed by atoms with Crippen molar-refractivity contribution in [1.82, 2.24) is 9.88 Å². The van der Waals surface area contributed by atoms with Gasteiger partial charge in [0.05, 0.1) is 11.3 Å². The molecule has 1 saturated heterocycles. The van der Waals surface area contributed by atoms with Crippen molar-refractivity contribution >= 4 is 29.3 Å². The highest BCUT2D eigenvalue weighted by Gasteiger charge is 2.37. The zero-order valence-electron chi connectivity index (χ0n) is 23.3. The van der Waals surface area contributed by atoms with E-state index in [0.717, 1.165) is 55.6 Å². The van der Waals surface area contributed by atoms with Gasteiger partial charge in [0.15, 0.2) is 11.6 Å². The molecule has 1 aliphatic carbocycles. The second-order valence-corrected chi connectivity index (χ2v) is 12.3. The standard InChI is InChI=1S/C29H35F4N3O4S/c1-17(2)36(27(37)20-6-4-18(3)5-7-20)24-14-23(30)25(13-21(24)28(38)39)40-26-22(29(31,32)33)12-19(15-34-26)16-35-8-10-41-11-9-35/h12-15,17-18,20H,4-11,16H2,1-3H3,(H,38,39)/t18-,20-. The quantitative estimate of drug-likeness (QED) is 0.334. The number of ether oxygens (including phenoxy) is 1. The summed E-state index contributed by atoms with van der Waals surface area (Å²) in [5.74, 6) is -2.54. The largest absolute Gasteiger partial charge is 0.478 e. The molecular formula is C29H35F4N3O4S. The van der Waals surface area contributed by atoms with Gasteiger partial charge in [-0.25, -0.2) is 14.2 Å². The van der Waals surface area contributed by atoms with Crippen LogP contribution in [0.15, 0.2) is 24.4 Å². The molecule has 0 unspecified atom stereocenters. The van der Waals surface area contributed by atoms with Gasteiger partial charge in [-0.1, -0.05) is 6.92 Å². The molecule has 12 heteroatoms. The summed E-state index contributed by atoms with van der Waals surface area (Å²) in [5.41, 5.74) is -1.48. The molecule has 0 radical (unpaired) electrons. The summed E-state index contributed by atoms with van der Waals surface area (Å²) in [6.45, 7) is 7.27. The number of pyridine rings is 1. The van der Waals surface area contributed by atoms with Crippen molar-refractivity contribution in [2.75, 3.05) is 29.5 Å². The van der Waals surface area contributed by atoms with Gasteiger partial charge in [-0.15, -0.1) is 0 Å². The molecule has 2 aliphatic rings. The molecule has 2 fully saturated rings. The predicted octanol–water partition coefficient (Wildman–Crippen LogP) is 6.85. The van der Waals surface area contributed by atoms with Crippen molar-refractivity contribution in [3.63, 3.8) is 0 Å². The Bertz CT molecular complexity index is 1260. The Morgan fingerprint density at radius 1 is 1.15 bits per heavy atom. The minimum atomic E-state index is -4.85. The van der Waals surface area contributed by atoms with Gasteiger partial charge in [0, 0.05) is 61.4 Å². The molecule has 2 aromatic rings. The molecule has 41 heavy (non-hydrogen) atoms. The van der Waals surface area contributed by atoms with Crippen LogP contribution in [0.5, 0.6) is 11.6 Å². The number of benzene rings is 1. The molecule has 0 bridgehead atoms. The number of carbonyl (C=O) groups excluding carboxylic acids is 1. The maximum Gasteiger partial charge on any atom is 0.421 e. The van der Waals surface area contributed by atoms with Gasteiger partial charge in [-0.05, 0) is 57.1 Å². The zero-order valence-corrected chi connectivity index (χ0v) is 24.2. The summed E-state index contributed by atoms with van der Waals surface area (Å²) in [6, 6.07) is 2.10. The molecule has 1 amide bonds. The van der Waals surface area contributed by atoms with E-state index in [9.17, 15) is 27.9 Å². The number of amides is 1. The number of carboxylic acid groups (broad SMARTS) is 1. The lowest BCUT2D eigenvalue weighted by Gasteiger charge is -2.34. The fraction of sp³-hybridized carbons (Fsp3) is 0.552. The maximum atomic E-state index is 15.4. The number of thioether (sulfide) groups is 1. The van der Waals surface area contributed by atoms with E-state index in [1.54, 1.807) is 25.6 Å². The molecule has 0 spiro atoms. The number of halogens is 4.